The highest BCUT2D eigenvalue weighted by atomic mass is 35.5. The van der Waals surface area contributed by atoms with Gasteiger partial charge in [0, 0.05) is 18.2 Å². The number of nitrogens with zero attached hydrogens (tertiary/aromatic N) is 3. The maximum atomic E-state index is 11.3. The minimum Gasteiger partial charge on any atom is -0.502 e. The molecule has 1 aromatic heterocycles. The summed E-state index contributed by atoms with van der Waals surface area (Å²) < 4.78 is 5.13. The zero-order valence-corrected chi connectivity index (χ0v) is 15.7. The Balaban J connectivity index is 2.02. The van der Waals surface area contributed by atoms with E-state index in [4.69, 9.17) is 16.3 Å². The maximum Gasteiger partial charge on any atom is 0.311 e. The van der Waals surface area contributed by atoms with Crippen molar-refractivity contribution in [2.45, 2.75) is 13.0 Å². The summed E-state index contributed by atoms with van der Waals surface area (Å²) in [7, 11) is 1.54. The number of anilines is 1. The smallest absolute Gasteiger partial charge is 0.311 e. The van der Waals surface area contributed by atoms with Crippen molar-refractivity contribution >= 4 is 34.0 Å². The average Bonchev–Trinajstić information content (AvgIpc) is 2.68. The Hall–Kier alpha value is -3.39. The number of nitro groups is 1. The molecule has 2 aromatic carbocycles. The van der Waals surface area contributed by atoms with Crippen molar-refractivity contribution in [3.8, 4) is 11.5 Å². The molecule has 144 valence electrons. The van der Waals surface area contributed by atoms with Crippen LogP contribution in [0.3, 0.4) is 0 Å². The van der Waals surface area contributed by atoms with E-state index in [1.165, 1.54) is 19.5 Å². The molecule has 9 heteroatoms. The summed E-state index contributed by atoms with van der Waals surface area (Å²) in [4.78, 5) is 19.1. The first-order valence-electron chi connectivity index (χ1n) is 8.27. The highest BCUT2D eigenvalue weighted by molar-refractivity contribution is 6.32. The summed E-state index contributed by atoms with van der Waals surface area (Å²) in [6.07, 6.45) is 3.12. The van der Waals surface area contributed by atoms with Gasteiger partial charge < -0.3 is 15.2 Å². The van der Waals surface area contributed by atoms with Crippen LogP contribution in [0.4, 0.5) is 11.5 Å². The summed E-state index contributed by atoms with van der Waals surface area (Å²) in [5.41, 5.74) is 1.22. The van der Waals surface area contributed by atoms with Crippen molar-refractivity contribution in [1.82, 2.24) is 9.97 Å². The zero-order chi connectivity index (χ0) is 20.3. The molecule has 0 unspecified atom stereocenters. The summed E-state index contributed by atoms with van der Waals surface area (Å²) in [6.45, 7) is 4.01. The van der Waals surface area contributed by atoms with E-state index < -0.39 is 16.4 Å². The van der Waals surface area contributed by atoms with E-state index in [0.717, 1.165) is 5.56 Å². The quantitative estimate of drug-likeness (QED) is 0.346. The molecular formula is C19H17ClN4O4. The minimum absolute atomic E-state index is 0.231. The first kappa shape index (κ1) is 19.4. The Morgan fingerprint density at radius 3 is 2.82 bits per heavy atom. The lowest BCUT2D eigenvalue weighted by Gasteiger charge is -2.12. The van der Waals surface area contributed by atoms with E-state index in [1.54, 1.807) is 18.2 Å². The SMILES string of the molecule is C=CCc1c(O)c([N+](=O)[O-])cc2c(NCc3ccc(OC)c(Cl)c3)ncnc12. The number of nitro benzene ring substituents is 1. The van der Waals surface area contributed by atoms with Crippen molar-refractivity contribution in [3.05, 3.63) is 69.5 Å². The minimum atomic E-state index is -0.638. The molecule has 0 atom stereocenters. The molecule has 0 saturated carbocycles. The molecule has 3 rings (SSSR count). The molecular weight excluding hydrogens is 384 g/mol. The number of hydrogen-bond donors (Lipinski definition) is 2. The number of halogens is 1. The Bertz CT molecular complexity index is 1070. The number of fused-ring (bicyclic) bond motifs is 1. The van der Waals surface area contributed by atoms with Crippen molar-refractivity contribution < 1.29 is 14.8 Å². The van der Waals surface area contributed by atoms with Gasteiger partial charge in [0.1, 0.15) is 17.9 Å². The summed E-state index contributed by atoms with van der Waals surface area (Å²) in [5.74, 6) is 0.562. The van der Waals surface area contributed by atoms with Crippen LogP contribution in [-0.2, 0) is 13.0 Å². The topological polar surface area (TPSA) is 110 Å². The van der Waals surface area contributed by atoms with Crippen molar-refractivity contribution in [3.63, 3.8) is 0 Å². The fourth-order valence-electron chi connectivity index (χ4n) is 2.87. The normalized spacial score (nSPS) is 10.6. The van der Waals surface area contributed by atoms with Crippen molar-refractivity contribution in [2.24, 2.45) is 0 Å². The fraction of sp³-hybridized carbons (Fsp3) is 0.158. The second kappa shape index (κ2) is 8.10. The van der Waals surface area contributed by atoms with Crippen LogP contribution in [0.5, 0.6) is 11.5 Å². The molecule has 0 spiro atoms. The molecule has 0 aliphatic heterocycles. The van der Waals surface area contributed by atoms with E-state index in [1.807, 2.05) is 6.07 Å². The van der Waals surface area contributed by atoms with Crippen LogP contribution >= 0.6 is 11.6 Å². The van der Waals surface area contributed by atoms with Crippen LogP contribution in [0.1, 0.15) is 11.1 Å². The number of ether oxygens (including phenoxy) is 1. The van der Waals surface area contributed by atoms with E-state index in [9.17, 15) is 15.2 Å². The third-order valence-corrected chi connectivity index (χ3v) is 4.50. The monoisotopic (exact) mass is 400 g/mol. The lowest BCUT2D eigenvalue weighted by atomic mass is 10.0. The van der Waals surface area contributed by atoms with E-state index in [2.05, 4.69) is 21.9 Å². The van der Waals surface area contributed by atoms with E-state index in [0.29, 0.717) is 39.6 Å². The molecule has 28 heavy (non-hydrogen) atoms. The molecule has 0 bridgehead atoms. The zero-order valence-electron chi connectivity index (χ0n) is 15.0. The molecule has 3 aromatic rings. The van der Waals surface area contributed by atoms with Crippen LogP contribution in [0.2, 0.25) is 5.02 Å². The lowest BCUT2D eigenvalue weighted by Crippen LogP contribution is -2.04. The largest absolute Gasteiger partial charge is 0.502 e. The van der Waals surface area contributed by atoms with Gasteiger partial charge in [0.25, 0.3) is 0 Å². The Morgan fingerprint density at radius 1 is 1.39 bits per heavy atom. The van der Waals surface area contributed by atoms with Gasteiger partial charge in [-0.2, -0.15) is 0 Å². The van der Waals surface area contributed by atoms with E-state index in [-0.39, 0.29) is 6.42 Å². The van der Waals surface area contributed by atoms with Gasteiger partial charge >= 0.3 is 5.69 Å². The van der Waals surface area contributed by atoms with Gasteiger partial charge in [0.2, 0.25) is 0 Å². The van der Waals surface area contributed by atoms with Crippen LogP contribution in [-0.4, -0.2) is 27.1 Å². The molecule has 8 nitrogen and oxygen atoms in total. The predicted octanol–water partition coefficient (Wildman–Crippen LogP) is 4.25. The number of methoxy groups -OCH3 is 1. The lowest BCUT2D eigenvalue weighted by molar-refractivity contribution is -0.385. The third-order valence-electron chi connectivity index (χ3n) is 4.20. The molecule has 0 aliphatic rings. The molecule has 0 fully saturated rings. The Morgan fingerprint density at radius 2 is 2.18 bits per heavy atom. The number of aromatic nitrogens is 2. The van der Waals surface area contributed by atoms with Gasteiger partial charge in [-0.15, -0.1) is 6.58 Å². The number of aromatic hydroxyl groups is 1. The van der Waals surface area contributed by atoms with Crippen LogP contribution in [0.15, 0.2) is 43.2 Å². The van der Waals surface area contributed by atoms with Crippen molar-refractivity contribution in [1.29, 1.82) is 0 Å². The summed E-state index contributed by atoms with van der Waals surface area (Å²) in [6, 6.07) is 6.62. The van der Waals surface area contributed by atoms with Crippen LogP contribution in [0, 0.1) is 10.1 Å². The number of phenolic OH excluding ortho intramolecular Hbond substituents is 1. The standard InChI is InChI=1S/C19H17ClN4O4/c1-3-4-12-17-13(8-15(18(12)25)24(26)27)19(23-10-22-17)21-9-11-5-6-16(28-2)14(20)7-11/h3,5-8,10,25H,1,4,9H2,2H3,(H,21,22,23). The highest BCUT2D eigenvalue weighted by Crippen LogP contribution is 2.38. The van der Waals surface area contributed by atoms with Crippen LogP contribution < -0.4 is 10.1 Å². The summed E-state index contributed by atoms with van der Waals surface area (Å²) in [5, 5.41) is 25.7. The van der Waals surface area contributed by atoms with Gasteiger partial charge in [0.05, 0.1) is 28.0 Å². The Labute approximate surface area is 165 Å². The van der Waals surface area contributed by atoms with Gasteiger partial charge in [-0.1, -0.05) is 23.7 Å². The molecule has 0 radical (unpaired) electrons. The van der Waals surface area contributed by atoms with Crippen LogP contribution in [0.25, 0.3) is 10.9 Å². The highest BCUT2D eigenvalue weighted by Gasteiger charge is 2.22. The predicted molar refractivity (Wildman–Crippen MR) is 107 cm³/mol. The van der Waals surface area contributed by atoms with Gasteiger partial charge in [-0.05, 0) is 24.1 Å². The summed E-state index contributed by atoms with van der Waals surface area (Å²) >= 11 is 6.14. The van der Waals surface area contributed by atoms with Gasteiger partial charge in [-0.25, -0.2) is 9.97 Å². The number of benzene rings is 2. The second-order valence-electron chi connectivity index (χ2n) is 5.91. The number of allylic oxidation sites excluding steroid dienone is 1. The number of rotatable bonds is 7. The molecule has 2 N–H and O–H groups in total. The van der Waals surface area contributed by atoms with Crippen molar-refractivity contribution in [2.75, 3.05) is 12.4 Å². The van der Waals surface area contributed by atoms with Gasteiger partial charge in [0.15, 0.2) is 5.75 Å². The Kier molecular flexibility index (Phi) is 5.60. The molecule has 0 saturated heterocycles. The number of nitrogens with one attached hydrogen (secondary N) is 1. The maximum absolute atomic E-state index is 11.3. The van der Waals surface area contributed by atoms with Gasteiger partial charge in [-0.3, -0.25) is 10.1 Å². The third kappa shape index (κ3) is 3.67. The molecule has 1 heterocycles. The fourth-order valence-corrected chi connectivity index (χ4v) is 3.15. The molecule has 0 aliphatic carbocycles. The number of phenols is 1. The average molecular weight is 401 g/mol. The number of hydrogen-bond acceptors (Lipinski definition) is 7. The molecule has 0 amide bonds. The first-order valence-corrected chi connectivity index (χ1v) is 8.65. The second-order valence-corrected chi connectivity index (χ2v) is 6.32. The van der Waals surface area contributed by atoms with E-state index >= 15 is 0 Å². The first-order chi connectivity index (χ1) is 13.5.